The van der Waals surface area contributed by atoms with Gasteiger partial charge in [-0.3, -0.25) is 9.52 Å². The second kappa shape index (κ2) is 9.22. The van der Waals surface area contributed by atoms with Crippen LogP contribution in [0.15, 0.2) is 71.6 Å². The molecule has 0 fully saturated rings. The molecule has 0 spiro atoms. The van der Waals surface area contributed by atoms with Crippen LogP contribution in [0.5, 0.6) is 0 Å². The van der Waals surface area contributed by atoms with Gasteiger partial charge in [0.05, 0.1) is 10.6 Å². The van der Waals surface area contributed by atoms with Crippen LogP contribution < -0.4 is 10.0 Å². The van der Waals surface area contributed by atoms with Gasteiger partial charge in [-0.05, 0) is 60.5 Å². The monoisotopic (exact) mass is 482 g/mol. The number of carbonyl (C=O) groups is 1. The third kappa shape index (κ3) is 5.80. The van der Waals surface area contributed by atoms with Gasteiger partial charge in [0.15, 0.2) is 0 Å². The van der Waals surface area contributed by atoms with E-state index in [9.17, 15) is 26.4 Å². The molecule has 0 unspecified atom stereocenters. The number of hydrogen-bond donors (Lipinski definition) is 2. The van der Waals surface area contributed by atoms with Crippen molar-refractivity contribution < 1.29 is 26.4 Å². The quantitative estimate of drug-likeness (QED) is 0.494. The van der Waals surface area contributed by atoms with E-state index >= 15 is 0 Å². The molecule has 0 bridgehead atoms. The molecular weight excluding hydrogens is 465 g/mol. The molecule has 0 saturated heterocycles. The standard InChI is InChI=1S/C22H18ClF3N2O3S/c1-14-4-2-7-18(10-14)28-32(30,31)20-12-16(8-9-19(20)23)21(29)27-13-15-5-3-6-17(11-15)22(24,25)26/h2-12,28H,13H2,1H3,(H,27,29). The zero-order chi connectivity index (χ0) is 23.5. The molecule has 0 saturated carbocycles. The largest absolute Gasteiger partial charge is 0.416 e. The number of nitrogens with one attached hydrogen (secondary N) is 2. The van der Waals surface area contributed by atoms with Crippen molar-refractivity contribution in [1.29, 1.82) is 0 Å². The highest BCUT2D eigenvalue weighted by Gasteiger charge is 2.30. The van der Waals surface area contributed by atoms with Crippen molar-refractivity contribution >= 4 is 33.2 Å². The molecule has 32 heavy (non-hydrogen) atoms. The summed E-state index contributed by atoms with van der Waals surface area (Å²) in [4.78, 5) is 12.2. The van der Waals surface area contributed by atoms with Crippen LogP contribution in [0.4, 0.5) is 18.9 Å². The highest BCUT2D eigenvalue weighted by Crippen LogP contribution is 2.29. The molecular formula is C22H18ClF3N2O3S. The molecule has 0 aromatic heterocycles. The van der Waals surface area contributed by atoms with Gasteiger partial charge < -0.3 is 5.32 Å². The van der Waals surface area contributed by atoms with E-state index in [4.69, 9.17) is 11.6 Å². The number of anilines is 1. The van der Waals surface area contributed by atoms with Crippen LogP contribution >= 0.6 is 11.6 Å². The third-order valence-electron chi connectivity index (χ3n) is 4.46. The summed E-state index contributed by atoms with van der Waals surface area (Å²) in [6.07, 6.45) is -4.50. The molecule has 3 aromatic carbocycles. The van der Waals surface area contributed by atoms with E-state index in [-0.39, 0.29) is 27.6 Å². The highest BCUT2D eigenvalue weighted by atomic mass is 35.5. The van der Waals surface area contributed by atoms with Crippen molar-refractivity contribution in [2.75, 3.05) is 4.72 Å². The number of carbonyl (C=O) groups excluding carboxylic acids is 1. The Morgan fingerprint density at radius 1 is 1.00 bits per heavy atom. The topological polar surface area (TPSA) is 75.3 Å². The fourth-order valence-electron chi connectivity index (χ4n) is 2.91. The molecule has 0 heterocycles. The summed E-state index contributed by atoms with van der Waals surface area (Å²) < 4.78 is 66.5. The van der Waals surface area contributed by atoms with Gasteiger partial charge in [-0.15, -0.1) is 0 Å². The summed E-state index contributed by atoms with van der Waals surface area (Å²) in [5.41, 5.74) is 0.591. The van der Waals surface area contributed by atoms with Crippen molar-refractivity contribution in [2.24, 2.45) is 0 Å². The normalized spacial score (nSPS) is 11.8. The third-order valence-corrected chi connectivity index (χ3v) is 6.32. The second-order valence-electron chi connectivity index (χ2n) is 7.00. The van der Waals surface area contributed by atoms with Crippen LogP contribution in [0, 0.1) is 6.92 Å². The molecule has 168 valence electrons. The van der Waals surface area contributed by atoms with Gasteiger partial charge in [0.25, 0.3) is 15.9 Å². The predicted octanol–water partition coefficient (Wildman–Crippen LogP) is 5.40. The van der Waals surface area contributed by atoms with Crippen LogP contribution in [0.3, 0.4) is 0 Å². The zero-order valence-corrected chi connectivity index (χ0v) is 18.3. The molecule has 3 rings (SSSR count). The lowest BCUT2D eigenvalue weighted by Crippen LogP contribution is -2.23. The maximum Gasteiger partial charge on any atom is 0.416 e. The molecule has 10 heteroatoms. The van der Waals surface area contributed by atoms with Gasteiger partial charge in [-0.25, -0.2) is 8.42 Å². The maximum atomic E-state index is 12.8. The minimum atomic E-state index is -4.50. The van der Waals surface area contributed by atoms with Crippen LogP contribution in [0.2, 0.25) is 5.02 Å². The zero-order valence-electron chi connectivity index (χ0n) is 16.7. The number of hydrogen-bond acceptors (Lipinski definition) is 3. The smallest absolute Gasteiger partial charge is 0.348 e. The summed E-state index contributed by atoms with van der Waals surface area (Å²) in [5, 5.41) is 2.40. The van der Waals surface area contributed by atoms with Crippen molar-refractivity contribution in [2.45, 2.75) is 24.5 Å². The Labute approximate surface area is 188 Å². The minimum absolute atomic E-state index is 0.00834. The van der Waals surface area contributed by atoms with Crippen molar-refractivity contribution in [3.8, 4) is 0 Å². The minimum Gasteiger partial charge on any atom is -0.348 e. The first kappa shape index (κ1) is 23.6. The maximum absolute atomic E-state index is 12.8. The van der Waals surface area contributed by atoms with E-state index in [1.165, 1.54) is 24.3 Å². The molecule has 0 aliphatic rings. The molecule has 0 radical (unpaired) electrons. The first-order chi connectivity index (χ1) is 15.0. The molecule has 1 amide bonds. The summed E-state index contributed by atoms with van der Waals surface area (Å²) in [6, 6.07) is 15.0. The lowest BCUT2D eigenvalue weighted by atomic mass is 10.1. The summed E-state index contributed by atoms with van der Waals surface area (Å²) >= 11 is 6.06. The first-order valence-corrected chi connectivity index (χ1v) is 11.2. The average molecular weight is 483 g/mol. The Kier molecular flexibility index (Phi) is 6.80. The number of aryl methyl sites for hydroxylation is 1. The molecule has 0 atom stereocenters. The number of amides is 1. The van der Waals surface area contributed by atoms with Crippen LogP contribution in [-0.4, -0.2) is 14.3 Å². The van der Waals surface area contributed by atoms with E-state index in [1.807, 2.05) is 0 Å². The molecule has 0 aliphatic heterocycles. The first-order valence-electron chi connectivity index (χ1n) is 9.29. The summed E-state index contributed by atoms with van der Waals surface area (Å²) in [6.45, 7) is 1.63. The van der Waals surface area contributed by atoms with Gasteiger partial charge in [0.1, 0.15) is 4.90 Å². The van der Waals surface area contributed by atoms with E-state index in [0.29, 0.717) is 5.69 Å². The molecule has 5 nitrogen and oxygen atoms in total. The van der Waals surface area contributed by atoms with Gasteiger partial charge in [0, 0.05) is 17.8 Å². The van der Waals surface area contributed by atoms with Crippen molar-refractivity contribution in [1.82, 2.24) is 5.32 Å². The van der Waals surface area contributed by atoms with E-state index in [2.05, 4.69) is 10.0 Å². The van der Waals surface area contributed by atoms with Gasteiger partial charge >= 0.3 is 6.18 Å². The molecule has 3 aromatic rings. The number of rotatable bonds is 6. The predicted molar refractivity (Wildman–Crippen MR) is 116 cm³/mol. The van der Waals surface area contributed by atoms with E-state index in [0.717, 1.165) is 23.8 Å². The Balaban J connectivity index is 1.78. The lowest BCUT2D eigenvalue weighted by molar-refractivity contribution is -0.137. The summed E-state index contributed by atoms with van der Waals surface area (Å²) in [7, 11) is -4.09. The molecule has 0 aliphatic carbocycles. The number of halogens is 4. The van der Waals surface area contributed by atoms with Gasteiger partial charge in [-0.1, -0.05) is 35.9 Å². The Morgan fingerprint density at radius 3 is 2.41 bits per heavy atom. The Hall–Kier alpha value is -3.04. The van der Waals surface area contributed by atoms with Crippen molar-refractivity contribution in [3.05, 3.63) is 94.0 Å². The number of alkyl halides is 3. The van der Waals surface area contributed by atoms with Gasteiger partial charge in [0.2, 0.25) is 0 Å². The number of benzene rings is 3. The summed E-state index contributed by atoms with van der Waals surface area (Å²) in [5.74, 6) is -0.661. The fraction of sp³-hybridized carbons (Fsp3) is 0.136. The fourth-order valence-corrected chi connectivity index (χ4v) is 4.49. The van der Waals surface area contributed by atoms with Crippen molar-refractivity contribution in [3.63, 3.8) is 0 Å². The lowest BCUT2D eigenvalue weighted by Gasteiger charge is -2.12. The van der Waals surface area contributed by atoms with Crippen LogP contribution in [0.1, 0.15) is 27.0 Å². The van der Waals surface area contributed by atoms with E-state index in [1.54, 1.807) is 31.2 Å². The second-order valence-corrected chi connectivity index (χ2v) is 9.06. The molecule has 2 N–H and O–H groups in total. The SMILES string of the molecule is Cc1cccc(NS(=O)(=O)c2cc(C(=O)NCc3cccc(C(F)(F)F)c3)ccc2Cl)c1. The Bertz CT molecular complexity index is 1260. The number of sulfonamides is 1. The van der Waals surface area contributed by atoms with E-state index < -0.39 is 27.7 Å². The highest BCUT2D eigenvalue weighted by molar-refractivity contribution is 7.92. The van der Waals surface area contributed by atoms with Crippen LogP contribution in [-0.2, 0) is 22.7 Å². The van der Waals surface area contributed by atoms with Gasteiger partial charge in [-0.2, -0.15) is 13.2 Å². The van der Waals surface area contributed by atoms with Crippen LogP contribution in [0.25, 0.3) is 0 Å². The Morgan fingerprint density at radius 2 is 1.72 bits per heavy atom. The average Bonchev–Trinajstić information content (AvgIpc) is 2.71.